The molecule has 0 aliphatic carbocycles. The van der Waals surface area contributed by atoms with Gasteiger partial charge in [-0.2, -0.15) is 13.2 Å². The Bertz CT molecular complexity index is 105. The van der Waals surface area contributed by atoms with Crippen LogP contribution in [0.25, 0.3) is 0 Å². The zero-order valence-electron chi connectivity index (χ0n) is 5.05. The molecule has 0 bridgehead atoms. The molecule has 54 valence electrons. The van der Waals surface area contributed by atoms with Crippen molar-refractivity contribution in [3.8, 4) is 0 Å². The molecule has 0 saturated heterocycles. The Kier molecular flexibility index (Phi) is 2.67. The number of rotatable bonds is 2. The number of nitrogens with one attached hydrogen (secondary N) is 1. The Hall–Kier alpha value is -0.540. The number of hydrogen-bond acceptors (Lipinski definition) is 1. The first kappa shape index (κ1) is 8.46. The molecule has 1 nitrogen and oxygen atoms in total. The van der Waals surface area contributed by atoms with Crippen molar-refractivity contribution in [2.45, 2.75) is 25.9 Å². The summed E-state index contributed by atoms with van der Waals surface area (Å²) in [5.74, 6) is 0. The Labute approximate surface area is 51.4 Å². The second kappa shape index (κ2) is 2.85. The fraction of sp³-hybridized carbons (Fsp3) is 0.800. The van der Waals surface area contributed by atoms with Crippen LogP contribution in [0.15, 0.2) is 0 Å². The molecule has 4 heteroatoms. The fourth-order valence-electron chi connectivity index (χ4n) is 0.392. The summed E-state index contributed by atoms with van der Waals surface area (Å²) in [5, 5.41) is 6.42. The van der Waals surface area contributed by atoms with E-state index in [0.717, 1.165) is 0 Å². The highest BCUT2D eigenvalue weighted by Gasteiger charge is 2.32. The average Bonchev–Trinajstić information content (AvgIpc) is 1.64. The summed E-state index contributed by atoms with van der Waals surface area (Å²) in [7, 11) is 0. The Morgan fingerprint density at radius 2 is 1.89 bits per heavy atom. The smallest absolute Gasteiger partial charge is 0.301 e. The van der Waals surface area contributed by atoms with Crippen LogP contribution in [-0.4, -0.2) is 11.9 Å². The van der Waals surface area contributed by atoms with Crippen LogP contribution in [0.4, 0.5) is 13.2 Å². The minimum absolute atomic E-state index is 0.177. The van der Waals surface area contributed by atoms with Gasteiger partial charge in [-0.3, -0.25) is 0 Å². The van der Waals surface area contributed by atoms with E-state index in [1.807, 2.05) is 0 Å². The molecule has 1 N–H and O–H groups in total. The SMILES string of the molecule is CCCC(=N)C(F)(F)F. The first-order chi connectivity index (χ1) is 3.98. The van der Waals surface area contributed by atoms with E-state index in [1.54, 1.807) is 6.92 Å². The summed E-state index contributed by atoms with van der Waals surface area (Å²) in [6, 6.07) is 0. The second-order valence-electron chi connectivity index (χ2n) is 1.73. The normalized spacial score (nSPS) is 11.6. The third-order valence-corrected chi connectivity index (χ3v) is 0.842. The third kappa shape index (κ3) is 3.11. The summed E-state index contributed by atoms with van der Waals surface area (Å²) in [6.07, 6.45) is -4.21. The molecular formula is C5H8F3N. The molecule has 0 unspecified atom stereocenters. The fourth-order valence-corrected chi connectivity index (χ4v) is 0.392. The monoisotopic (exact) mass is 139 g/mol. The summed E-state index contributed by atoms with van der Waals surface area (Å²) < 4.78 is 34.2. The van der Waals surface area contributed by atoms with Crippen molar-refractivity contribution < 1.29 is 13.2 Å². The second-order valence-corrected chi connectivity index (χ2v) is 1.73. The van der Waals surface area contributed by atoms with E-state index < -0.39 is 11.9 Å². The van der Waals surface area contributed by atoms with Gasteiger partial charge in [0.2, 0.25) is 0 Å². The van der Waals surface area contributed by atoms with Gasteiger partial charge in [0.05, 0.1) is 0 Å². The van der Waals surface area contributed by atoms with Gasteiger partial charge in [0.1, 0.15) is 5.71 Å². The summed E-state index contributed by atoms with van der Waals surface area (Å²) in [4.78, 5) is 0. The maximum absolute atomic E-state index is 11.4. The lowest BCUT2D eigenvalue weighted by atomic mass is 10.2. The molecule has 0 saturated carbocycles. The van der Waals surface area contributed by atoms with Crippen LogP contribution in [-0.2, 0) is 0 Å². The van der Waals surface area contributed by atoms with Gasteiger partial charge in [-0.15, -0.1) is 0 Å². The van der Waals surface area contributed by atoms with Crippen molar-refractivity contribution in [1.82, 2.24) is 0 Å². The zero-order valence-corrected chi connectivity index (χ0v) is 5.05. The van der Waals surface area contributed by atoms with Gasteiger partial charge in [0, 0.05) is 0 Å². The highest BCUT2D eigenvalue weighted by atomic mass is 19.4. The zero-order chi connectivity index (χ0) is 7.49. The number of hydrogen-bond donors (Lipinski definition) is 1. The van der Waals surface area contributed by atoms with E-state index in [4.69, 9.17) is 5.41 Å². The van der Waals surface area contributed by atoms with Crippen LogP contribution in [0, 0.1) is 5.41 Å². The van der Waals surface area contributed by atoms with Gasteiger partial charge in [0.25, 0.3) is 0 Å². The van der Waals surface area contributed by atoms with Gasteiger partial charge in [-0.05, 0) is 6.42 Å². The third-order valence-electron chi connectivity index (χ3n) is 0.842. The van der Waals surface area contributed by atoms with E-state index in [1.165, 1.54) is 0 Å². The maximum Gasteiger partial charge on any atom is 0.428 e. The highest BCUT2D eigenvalue weighted by Crippen LogP contribution is 2.18. The van der Waals surface area contributed by atoms with Crippen molar-refractivity contribution in [2.24, 2.45) is 0 Å². The van der Waals surface area contributed by atoms with Crippen molar-refractivity contribution >= 4 is 5.71 Å². The minimum Gasteiger partial charge on any atom is -0.301 e. The van der Waals surface area contributed by atoms with Gasteiger partial charge >= 0.3 is 6.18 Å². The standard InChI is InChI=1S/C5H8F3N/c1-2-3-4(9)5(6,7)8/h9H,2-3H2,1H3. The van der Waals surface area contributed by atoms with Gasteiger partial charge in [0.15, 0.2) is 0 Å². The topological polar surface area (TPSA) is 23.9 Å². The molecule has 0 amide bonds. The minimum atomic E-state index is -4.41. The lowest BCUT2D eigenvalue weighted by Crippen LogP contribution is -2.21. The van der Waals surface area contributed by atoms with Crippen LogP contribution in [0.1, 0.15) is 19.8 Å². The molecule has 9 heavy (non-hydrogen) atoms. The van der Waals surface area contributed by atoms with E-state index in [9.17, 15) is 13.2 Å². The van der Waals surface area contributed by atoms with E-state index >= 15 is 0 Å². The highest BCUT2D eigenvalue weighted by molar-refractivity contribution is 5.86. The molecule has 0 fully saturated rings. The van der Waals surface area contributed by atoms with Crippen LogP contribution < -0.4 is 0 Å². The predicted octanol–water partition coefficient (Wildman–Crippen LogP) is 2.37. The summed E-state index contributed by atoms with van der Waals surface area (Å²) in [6.45, 7) is 1.61. The molecule has 0 aromatic rings. The molecule has 0 spiro atoms. The Balaban J connectivity index is 3.74. The van der Waals surface area contributed by atoms with Gasteiger partial charge in [-0.1, -0.05) is 13.3 Å². The first-order valence-corrected chi connectivity index (χ1v) is 2.63. The molecule has 0 aromatic carbocycles. The maximum atomic E-state index is 11.4. The quantitative estimate of drug-likeness (QED) is 0.568. The van der Waals surface area contributed by atoms with Crippen molar-refractivity contribution in [1.29, 1.82) is 5.41 Å². The van der Waals surface area contributed by atoms with Gasteiger partial charge in [-0.25, -0.2) is 0 Å². The van der Waals surface area contributed by atoms with Crippen molar-refractivity contribution in [3.05, 3.63) is 0 Å². The molecule has 0 rings (SSSR count). The Morgan fingerprint density at radius 3 is 2.00 bits per heavy atom. The molecule has 0 heterocycles. The van der Waals surface area contributed by atoms with Gasteiger partial charge < -0.3 is 5.41 Å². The van der Waals surface area contributed by atoms with Crippen LogP contribution >= 0.6 is 0 Å². The van der Waals surface area contributed by atoms with Crippen LogP contribution in [0.2, 0.25) is 0 Å². The number of alkyl halides is 3. The van der Waals surface area contributed by atoms with Crippen LogP contribution in [0.5, 0.6) is 0 Å². The van der Waals surface area contributed by atoms with Crippen molar-refractivity contribution in [2.75, 3.05) is 0 Å². The molecular weight excluding hydrogens is 131 g/mol. The first-order valence-electron chi connectivity index (χ1n) is 2.63. The molecule has 0 aromatic heterocycles. The van der Waals surface area contributed by atoms with E-state index in [2.05, 4.69) is 0 Å². The molecule has 0 radical (unpaired) electrons. The molecule has 0 aliphatic rings. The molecule has 0 aliphatic heterocycles. The van der Waals surface area contributed by atoms with Crippen LogP contribution in [0.3, 0.4) is 0 Å². The van der Waals surface area contributed by atoms with E-state index in [0.29, 0.717) is 6.42 Å². The lowest BCUT2D eigenvalue weighted by molar-refractivity contribution is -0.0613. The van der Waals surface area contributed by atoms with Crippen molar-refractivity contribution in [3.63, 3.8) is 0 Å². The predicted molar refractivity (Wildman–Crippen MR) is 28.7 cm³/mol. The van der Waals surface area contributed by atoms with E-state index in [-0.39, 0.29) is 6.42 Å². The lowest BCUT2D eigenvalue weighted by Gasteiger charge is -2.04. The summed E-state index contributed by atoms with van der Waals surface area (Å²) in [5.41, 5.74) is -1.13. The average molecular weight is 139 g/mol. The summed E-state index contributed by atoms with van der Waals surface area (Å²) >= 11 is 0. The molecule has 0 atom stereocenters. The largest absolute Gasteiger partial charge is 0.428 e. The number of halogens is 3. The Morgan fingerprint density at radius 1 is 1.44 bits per heavy atom.